The molecule has 3 heteroatoms. The second-order valence-electron chi connectivity index (χ2n) is 3.81. The third kappa shape index (κ3) is 3.98. The fraction of sp³-hybridized carbons (Fsp3) is 0.875. The van der Waals surface area contributed by atoms with E-state index in [1.54, 1.807) is 7.05 Å². The van der Waals surface area contributed by atoms with Crippen LogP contribution >= 0.6 is 0 Å². The maximum absolute atomic E-state index is 10.4. The van der Waals surface area contributed by atoms with Gasteiger partial charge in [0.2, 0.25) is 0 Å². The normalized spacial score (nSPS) is 14.5. The minimum Gasteiger partial charge on any atom is -0.481 e. The van der Waals surface area contributed by atoms with Crippen LogP contribution in [-0.2, 0) is 4.79 Å². The highest BCUT2D eigenvalue weighted by atomic mass is 16.4. The number of carboxylic acid groups (broad SMARTS) is 1. The summed E-state index contributed by atoms with van der Waals surface area (Å²) in [6, 6.07) is 0.0417. The van der Waals surface area contributed by atoms with Crippen molar-refractivity contribution in [3.63, 3.8) is 0 Å². The van der Waals surface area contributed by atoms with Crippen LogP contribution in [0.15, 0.2) is 0 Å². The predicted molar refractivity (Wildman–Crippen MR) is 44.6 cm³/mol. The van der Waals surface area contributed by atoms with Crippen molar-refractivity contribution in [1.29, 1.82) is 0 Å². The fourth-order valence-corrected chi connectivity index (χ4v) is 1.02. The van der Waals surface area contributed by atoms with Crippen molar-refractivity contribution in [3.05, 3.63) is 0 Å². The van der Waals surface area contributed by atoms with E-state index in [2.05, 4.69) is 5.32 Å². The molecule has 0 aliphatic heterocycles. The average Bonchev–Trinajstić information content (AvgIpc) is 1.79. The van der Waals surface area contributed by atoms with E-state index in [0.29, 0.717) is 0 Å². The minimum absolute atomic E-state index is 0.00708. The molecule has 66 valence electrons. The van der Waals surface area contributed by atoms with E-state index in [-0.39, 0.29) is 17.9 Å². The second kappa shape index (κ2) is 3.72. The molecule has 0 aliphatic carbocycles. The van der Waals surface area contributed by atoms with Crippen molar-refractivity contribution in [2.24, 2.45) is 5.41 Å². The first-order valence-electron chi connectivity index (χ1n) is 3.77. The molecule has 0 rings (SSSR count). The lowest BCUT2D eigenvalue weighted by Gasteiger charge is -2.28. The molecule has 1 atom stereocenters. The van der Waals surface area contributed by atoms with Gasteiger partial charge < -0.3 is 10.4 Å². The first-order chi connectivity index (χ1) is 4.88. The summed E-state index contributed by atoms with van der Waals surface area (Å²) in [7, 11) is 1.79. The highest BCUT2D eigenvalue weighted by Gasteiger charge is 2.24. The first kappa shape index (κ1) is 10.4. The smallest absolute Gasteiger partial charge is 0.304 e. The molecule has 0 heterocycles. The highest BCUT2D eigenvalue weighted by molar-refractivity contribution is 5.67. The number of carboxylic acids is 1. The van der Waals surface area contributed by atoms with Gasteiger partial charge in [-0.05, 0) is 12.5 Å². The zero-order valence-electron chi connectivity index (χ0n) is 7.64. The van der Waals surface area contributed by atoms with Gasteiger partial charge in [-0.1, -0.05) is 20.8 Å². The van der Waals surface area contributed by atoms with Crippen molar-refractivity contribution in [2.75, 3.05) is 7.05 Å². The number of hydrogen-bond acceptors (Lipinski definition) is 2. The van der Waals surface area contributed by atoms with Gasteiger partial charge in [0, 0.05) is 6.04 Å². The van der Waals surface area contributed by atoms with Crippen LogP contribution in [0.25, 0.3) is 0 Å². The van der Waals surface area contributed by atoms with E-state index < -0.39 is 5.97 Å². The summed E-state index contributed by atoms with van der Waals surface area (Å²) in [4.78, 5) is 10.4. The number of aliphatic carboxylic acids is 1. The van der Waals surface area contributed by atoms with Gasteiger partial charge >= 0.3 is 5.97 Å². The Morgan fingerprint density at radius 2 is 2.00 bits per heavy atom. The van der Waals surface area contributed by atoms with Crippen LogP contribution in [0.4, 0.5) is 0 Å². The summed E-state index contributed by atoms with van der Waals surface area (Å²) in [6.07, 6.45) is 0.181. The van der Waals surface area contributed by atoms with Gasteiger partial charge in [-0.25, -0.2) is 0 Å². The number of nitrogens with one attached hydrogen (secondary N) is 1. The molecule has 0 aromatic carbocycles. The minimum atomic E-state index is -0.751. The highest BCUT2D eigenvalue weighted by Crippen LogP contribution is 2.21. The monoisotopic (exact) mass is 159 g/mol. The molecule has 0 aromatic heterocycles. The molecule has 2 N–H and O–H groups in total. The van der Waals surface area contributed by atoms with Crippen LogP contribution in [-0.4, -0.2) is 24.2 Å². The summed E-state index contributed by atoms with van der Waals surface area (Å²) in [5, 5.41) is 11.5. The third-order valence-electron chi connectivity index (χ3n) is 1.77. The van der Waals surface area contributed by atoms with Gasteiger partial charge in [0.25, 0.3) is 0 Å². The van der Waals surface area contributed by atoms with Crippen molar-refractivity contribution < 1.29 is 9.90 Å². The molecule has 0 fully saturated rings. The lowest BCUT2D eigenvalue weighted by Crippen LogP contribution is -2.39. The topological polar surface area (TPSA) is 49.3 Å². The summed E-state index contributed by atoms with van der Waals surface area (Å²) in [5.41, 5.74) is 0.00708. The third-order valence-corrected chi connectivity index (χ3v) is 1.77. The molecule has 1 unspecified atom stereocenters. The maximum Gasteiger partial charge on any atom is 0.304 e. The molecule has 0 bridgehead atoms. The van der Waals surface area contributed by atoms with Crippen LogP contribution in [0, 0.1) is 5.41 Å². The SMILES string of the molecule is CNC(CC(=O)O)C(C)(C)C. The molecule has 0 spiro atoms. The molecule has 0 aliphatic rings. The van der Waals surface area contributed by atoms with Crippen molar-refractivity contribution in [1.82, 2.24) is 5.32 Å². The van der Waals surface area contributed by atoms with Crippen molar-refractivity contribution >= 4 is 5.97 Å². The molecule has 0 saturated heterocycles. The van der Waals surface area contributed by atoms with Crippen LogP contribution < -0.4 is 5.32 Å². The van der Waals surface area contributed by atoms with Crippen molar-refractivity contribution in [3.8, 4) is 0 Å². The van der Waals surface area contributed by atoms with Gasteiger partial charge in [0.15, 0.2) is 0 Å². The van der Waals surface area contributed by atoms with E-state index in [0.717, 1.165) is 0 Å². The van der Waals surface area contributed by atoms with Gasteiger partial charge in [-0.15, -0.1) is 0 Å². The van der Waals surface area contributed by atoms with Gasteiger partial charge in [0.1, 0.15) is 0 Å². The van der Waals surface area contributed by atoms with Crippen LogP contribution in [0.3, 0.4) is 0 Å². The van der Waals surface area contributed by atoms with Gasteiger partial charge in [0.05, 0.1) is 6.42 Å². The molecule has 0 saturated carbocycles. The van der Waals surface area contributed by atoms with Gasteiger partial charge in [-0.3, -0.25) is 4.79 Å². The lowest BCUT2D eigenvalue weighted by atomic mass is 9.85. The Morgan fingerprint density at radius 3 is 2.09 bits per heavy atom. The Morgan fingerprint density at radius 1 is 1.55 bits per heavy atom. The predicted octanol–water partition coefficient (Wildman–Crippen LogP) is 1.10. The number of carbonyl (C=O) groups is 1. The van der Waals surface area contributed by atoms with Gasteiger partial charge in [-0.2, -0.15) is 0 Å². The van der Waals surface area contributed by atoms with E-state index in [1.807, 2.05) is 20.8 Å². The zero-order valence-corrected chi connectivity index (χ0v) is 7.64. The number of hydrogen-bond donors (Lipinski definition) is 2. The average molecular weight is 159 g/mol. The first-order valence-corrected chi connectivity index (χ1v) is 3.77. The molecular formula is C8H17NO2. The molecule has 0 amide bonds. The van der Waals surface area contributed by atoms with Crippen LogP contribution in [0.2, 0.25) is 0 Å². The summed E-state index contributed by atoms with van der Waals surface area (Å²) >= 11 is 0. The molecule has 0 aromatic rings. The Labute approximate surface area is 67.8 Å². The molecule has 11 heavy (non-hydrogen) atoms. The molecule has 0 radical (unpaired) electrons. The van der Waals surface area contributed by atoms with Crippen LogP contribution in [0.1, 0.15) is 27.2 Å². The standard InChI is InChI=1S/C8H17NO2/c1-8(2,3)6(9-4)5-7(10)11/h6,9H,5H2,1-4H3,(H,10,11). The fourth-order valence-electron chi connectivity index (χ4n) is 1.02. The Bertz CT molecular complexity index is 138. The lowest BCUT2D eigenvalue weighted by molar-refractivity contribution is -0.138. The largest absolute Gasteiger partial charge is 0.481 e. The maximum atomic E-state index is 10.4. The van der Waals surface area contributed by atoms with Crippen molar-refractivity contribution in [2.45, 2.75) is 33.2 Å². The molecule has 3 nitrogen and oxygen atoms in total. The van der Waals surface area contributed by atoms with E-state index in [1.165, 1.54) is 0 Å². The summed E-state index contributed by atoms with van der Waals surface area (Å²) in [6.45, 7) is 6.07. The Hall–Kier alpha value is -0.570. The Kier molecular flexibility index (Phi) is 3.52. The molecular weight excluding hydrogens is 142 g/mol. The van der Waals surface area contributed by atoms with E-state index >= 15 is 0 Å². The van der Waals surface area contributed by atoms with E-state index in [4.69, 9.17) is 5.11 Å². The zero-order chi connectivity index (χ0) is 9.07. The number of rotatable bonds is 3. The summed E-state index contributed by atoms with van der Waals surface area (Å²) in [5.74, 6) is -0.751. The van der Waals surface area contributed by atoms with Crippen LogP contribution in [0.5, 0.6) is 0 Å². The van der Waals surface area contributed by atoms with E-state index in [9.17, 15) is 4.79 Å². The quantitative estimate of drug-likeness (QED) is 0.648. The summed E-state index contributed by atoms with van der Waals surface area (Å²) < 4.78 is 0. The Balaban J connectivity index is 4.07. The second-order valence-corrected chi connectivity index (χ2v) is 3.81.